The lowest BCUT2D eigenvalue weighted by atomic mass is 9.98. The molecule has 0 saturated carbocycles. The van der Waals surface area contributed by atoms with Gasteiger partial charge < -0.3 is 9.84 Å². The summed E-state index contributed by atoms with van der Waals surface area (Å²) in [5.74, 6) is -0.337. The molecule has 1 aromatic rings. The molecule has 0 amide bonds. The van der Waals surface area contributed by atoms with Crippen molar-refractivity contribution < 1.29 is 14.6 Å². The summed E-state index contributed by atoms with van der Waals surface area (Å²) >= 11 is 0. The summed E-state index contributed by atoms with van der Waals surface area (Å²) in [7, 11) is 1.38. The first kappa shape index (κ1) is 14.5. The highest BCUT2D eigenvalue weighted by Gasteiger charge is 2.05. The van der Waals surface area contributed by atoms with Crippen LogP contribution in [0, 0.1) is 6.92 Å². The molecule has 0 aromatic heterocycles. The summed E-state index contributed by atoms with van der Waals surface area (Å²) < 4.78 is 4.67. The highest BCUT2D eigenvalue weighted by Crippen LogP contribution is 2.21. The zero-order valence-electron chi connectivity index (χ0n) is 11.0. The molecule has 18 heavy (non-hydrogen) atoms. The van der Waals surface area contributed by atoms with Gasteiger partial charge in [0.2, 0.25) is 0 Å². The monoisotopic (exact) mass is 248 g/mol. The molecule has 0 aliphatic rings. The number of hydrogen-bond acceptors (Lipinski definition) is 3. The lowest BCUT2D eigenvalue weighted by molar-refractivity contribution is -0.134. The summed E-state index contributed by atoms with van der Waals surface area (Å²) in [6, 6.07) is 8.03. The van der Waals surface area contributed by atoms with Crippen LogP contribution in [-0.2, 0) is 9.53 Å². The van der Waals surface area contributed by atoms with Gasteiger partial charge in [0.25, 0.3) is 0 Å². The number of allylic oxidation sites excluding steroid dienone is 1. The molecule has 3 nitrogen and oxygen atoms in total. The number of hydrogen-bond donors (Lipinski definition) is 1. The van der Waals surface area contributed by atoms with Crippen LogP contribution in [0.5, 0.6) is 0 Å². The molecule has 1 rings (SSSR count). The SMILES string of the molecule is COC(=O)C=C(CCCCO)c1cccc(C)c1. The third kappa shape index (κ3) is 4.72. The fourth-order valence-corrected chi connectivity index (χ4v) is 1.77. The van der Waals surface area contributed by atoms with Crippen LogP contribution in [0.15, 0.2) is 30.3 Å². The first-order chi connectivity index (χ1) is 8.67. The number of ether oxygens (including phenoxy) is 1. The molecule has 0 heterocycles. The van der Waals surface area contributed by atoms with Gasteiger partial charge in [0.15, 0.2) is 0 Å². The molecule has 0 aliphatic heterocycles. The van der Waals surface area contributed by atoms with Crippen molar-refractivity contribution in [3.05, 3.63) is 41.5 Å². The predicted octanol–water partition coefficient (Wildman–Crippen LogP) is 2.71. The molecule has 0 spiro atoms. The fourth-order valence-electron chi connectivity index (χ4n) is 1.77. The van der Waals surface area contributed by atoms with Gasteiger partial charge in [0.05, 0.1) is 7.11 Å². The molecular weight excluding hydrogens is 228 g/mol. The molecule has 0 bridgehead atoms. The quantitative estimate of drug-likeness (QED) is 0.478. The maximum Gasteiger partial charge on any atom is 0.330 e. The van der Waals surface area contributed by atoms with Crippen LogP contribution in [0.2, 0.25) is 0 Å². The van der Waals surface area contributed by atoms with Gasteiger partial charge in [-0.25, -0.2) is 4.79 Å². The van der Waals surface area contributed by atoms with Gasteiger partial charge >= 0.3 is 5.97 Å². The Morgan fingerprint density at radius 2 is 2.17 bits per heavy atom. The van der Waals surface area contributed by atoms with Crippen LogP contribution in [0.4, 0.5) is 0 Å². The number of carbonyl (C=O) groups is 1. The van der Waals surface area contributed by atoms with E-state index in [1.807, 2.05) is 31.2 Å². The minimum absolute atomic E-state index is 0.180. The maximum atomic E-state index is 11.4. The molecular formula is C15H20O3. The van der Waals surface area contributed by atoms with Crippen molar-refractivity contribution in [2.24, 2.45) is 0 Å². The van der Waals surface area contributed by atoms with E-state index in [1.165, 1.54) is 13.2 Å². The van der Waals surface area contributed by atoms with Crippen molar-refractivity contribution in [1.29, 1.82) is 0 Å². The Hall–Kier alpha value is -1.61. The summed E-state index contributed by atoms with van der Waals surface area (Å²) in [5.41, 5.74) is 3.16. The molecule has 0 aliphatic carbocycles. The molecule has 0 fully saturated rings. The van der Waals surface area contributed by atoms with E-state index in [-0.39, 0.29) is 12.6 Å². The Bertz CT molecular complexity index is 422. The summed E-state index contributed by atoms with van der Waals surface area (Å²) in [6.07, 6.45) is 3.89. The van der Waals surface area contributed by atoms with Crippen molar-refractivity contribution in [3.63, 3.8) is 0 Å². The van der Waals surface area contributed by atoms with Crippen molar-refractivity contribution in [2.75, 3.05) is 13.7 Å². The third-order valence-corrected chi connectivity index (χ3v) is 2.74. The summed E-state index contributed by atoms with van der Waals surface area (Å²) in [4.78, 5) is 11.4. The highest BCUT2D eigenvalue weighted by atomic mass is 16.5. The average Bonchev–Trinajstić information content (AvgIpc) is 2.37. The number of esters is 1. The van der Waals surface area contributed by atoms with Crippen molar-refractivity contribution in [3.8, 4) is 0 Å². The van der Waals surface area contributed by atoms with Crippen LogP contribution in [0.25, 0.3) is 5.57 Å². The zero-order valence-corrected chi connectivity index (χ0v) is 11.0. The molecule has 0 saturated heterocycles. The molecule has 98 valence electrons. The normalized spacial score (nSPS) is 11.4. The Balaban J connectivity index is 2.89. The predicted molar refractivity (Wildman–Crippen MR) is 72.1 cm³/mol. The summed E-state index contributed by atoms with van der Waals surface area (Å²) in [5, 5.41) is 8.81. The lowest BCUT2D eigenvalue weighted by Gasteiger charge is -2.08. The minimum Gasteiger partial charge on any atom is -0.466 e. The Morgan fingerprint density at radius 3 is 2.78 bits per heavy atom. The standard InChI is InChI=1S/C15H20O3/c1-12-6-5-8-13(10-12)14(7-3-4-9-16)11-15(17)18-2/h5-6,8,10-11,16H,3-4,7,9H2,1-2H3. The molecule has 1 N–H and O–H groups in total. The van der Waals surface area contributed by atoms with Crippen LogP contribution >= 0.6 is 0 Å². The maximum absolute atomic E-state index is 11.4. The Kier molecular flexibility index (Phi) is 6.15. The second-order valence-corrected chi connectivity index (χ2v) is 4.24. The van der Waals surface area contributed by atoms with Gasteiger partial charge in [-0.2, -0.15) is 0 Å². The number of carbonyl (C=O) groups excluding carboxylic acids is 1. The number of aliphatic hydroxyl groups is 1. The largest absolute Gasteiger partial charge is 0.466 e. The van der Waals surface area contributed by atoms with Crippen molar-refractivity contribution in [2.45, 2.75) is 26.2 Å². The van der Waals surface area contributed by atoms with E-state index < -0.39 is 0 Å². The van der Waals surface area contributed by atoms with E-state index in [1.54, 1.807) is 0 Å². The van der Waals surface area contributed by atoms with Gasteiger partial charge in [0.1, 0.15) is 0 Å². The molecule has 0 atom stereocenters. The zero-order chi connectivity index (χ0) is 13.4. The number of aliphatic hydroxyl groups excluding tert-OH is 1. The number of methoxy groups -OCH3 is 1. The lowest BCUT2D eigenvalue weighted by Crippen LogP contribution is -1.98. The van der Waals surface area contributed by atoms with E-state index in [4.69, 9.17) is 5.11 Å². The van der Waals surface area contributed by atoms with Crippen LogP contribution in [-0.4, -0.2) is 24.8 Å². The molecule has 1 aromatic carbocycles. The van der Waals surface area contributed by atoms with Crippen LogP contribution in [0.3, 0.4) is 0 Å². The van der Waals surface area contributed by atoms with E-state index in [0.717, 1.165) is 36.0 Å². The number of rotatable bonds is 6. The second-order valence-electron chi connectivity index (χ2n) is 4.24. The average molecular weight is 248 g/mol. The third-order valence-electron chi connectivity index (χ3n) is 2.74. The summed E-state index contributed by atoms with van der Waals surface area (Å²) in [6.45, 7) is 2.20. The molecule has 3 heteroatoms. The van der Waals surface area contributed by atoms with E-state index >= 15 is 0 Å². The smallest absolute Gasteiger partial charge is 0.330 e. The van der Waals surface area contributed by atoms with E-state index in [0.29, 0.717) is 0 Å². The van der Waals surface area contributed by atoms with Gasteiger partial charge in [-0.1, -0.05) is 29.8 Å². The van der Waals surface area contributed by atoms with Crippen molar-refractivity contribution in [1.82, 2.24) is 0 Å². The fraction of sp³-hybridized carbons (Fsp3) is 0.400. The number of unbranched alkanes of at least 4 members (excludes halogenated alkanes) is 1. The van der Waals surface area contributed by atoms with E-state index in [9.17, 15) is 4.79 Å². The van der Waals surface area contributed by atoms with Gasteiger partial charge in [-0.15, -0.1) is 0 Å². The molecule has 0 radical (unpaired) electrons. The van der Waals surface area contributed by atoms with Crippen molar-refractivity contribution >= 4 is 11.5 Å². The van der Waals surface area contributed by atoms with E-state index in [2.05, 4.69) is 4.74 Å². The highest BCUT2D eigenvalue weighted by molar-refractivity contribution is 5.91. The Morgan fingerprint density at radius 1 is 1.39 bits per heavy atom. The van der Waals surface area contributed by atoms with Gasteiger partial charge in [-0.05, 0) is 37.3 Å². The number of benzene rings is 1. The van der Waals surface area contributed by atoms with Gasteiger partial charge in [-0.3, -0.25) is 0 Å². The molecule has 0 unspecified atom stereocenters. The second kappa shape index (κ2) is 7.67. The van der Waals surface area contributed by atoms with Crippen LogP contribution in [0.1, 0.15) is 30.4 Å². The first-order valence-corrected chi connectivity index (χ1v) is 6.13. The van der Waals surface area contributed by atoms with Crippen LogP contribution < -0.4 is 0 Å². The van der Waals surface area contributed by atoms with Gasteiger partial charge in [0, 0.05) is 12.7 Å². The topological polar surface area (TPSA) is 46.5 Å². The Labute approximate surface area is 108 Å². The first-order valence-electron chi connectivity index (χ1n) is 6.13. The minimum atomic E-state index is -0.337. The number of aryl methyl sites for hydroxylation is 1.